The van der Waals surface area contributed by atoms with Gasteiger partial charge in [0.05, 0.1) is 23.4 Å². The third kappa shape index (κ3) is 3.22. The molecule has 0 aliphatic carbocycles. The van der Waals surface area contributed by atoms with E-state index in [1.807, 2.05) is 0 Å². The Balaban J connectivity index is 2.28. The fraction of sp³-hybridized carbons (Fsp3) is 0.143. The van der Waals surface area contributed by atoms with Gasteiger partial charge in [0.1, 0.15) is 11.6 Å². The maximum absolute atomic E-state index is 13.7. The summed E-state index contributed by atoms with van der Waals surface area (Å²) in [7, 11) is 0. The smallest absolute Gasteiger partial charge is 0.131 e. The minimum absolute atomic E-state index is 0.184. The minimum Gasteiger partial charge on any atom is -0.394 e. The lowest BCUT2D eigenvalue weighted by atomic mass is 10.1. The second-order valence-electron chi connectivity index (χ2n) is 4.03. The molecule has 0 saturated heterocycles. The molecule has 0 heterocycles. The van der Waals surface area contributed by atoms with Gasteiger partial charge in [0.2, 0.25) is 0 Å². The van der Waals surface area contributed by atoms with E-state index in [0.29, 0.717) is 10.7 Å². The number of para-hydroxylation sites is 1. The van der Waals surface area contributed by atoms with E-state index >= 15 is 0 Å². The van der Waals surface area contributed by atoms with Gasteiger partial charge in [0, 0.05) is 11.6 Å². The van der Waals surface area contributed by atoms with Crippen LogP contribution in [0.1, 0.15) is 11.6 Å². The van der Waals surface area contributed by atoms with Gasteiger partial charge in [-0.15, -0.1) is 0 Å². The number of benzene rings is 2. The van der Waals surface area contributed by atoms with Crippen molar-refractivity contribution in [2.24, 2.45) is 0 Å². The fourth-order valence-electron chi connectivity index (χ4n) is 1.77. The Kier molecular flexibility index (Phi) is 4.35. The molecule has 0 aliphatic rings. The molecule has 0 spiro atoms. The molecular weight excluding hydrogens is 272 g/mol. The van der Waals surface area contributed by atoms with Gasteiger partial charge in [-0.1, -0.05) is 29.8 Å². The number of halogens is 3. The monoisotopic (exact) mass is 283 g/mol. The van der Waals surface area contributed by atoms with E-state index in [2.05, 4.69) is 5.32 Å². The van der Waals surface area contributed by atoms with Crippen molar-refractivity contribution in [2.45, 2.75) is 6.04 Å². The highest BCUT2D eigenvalue weighted by Gasteiger charge is 2.16. The highest BCUT2D eigenvalue weighted by molar-refractivity contribution is 6.33. The first-order valence-electron chi connectivity index (χ1n) is 5.68. The van der Waals surface area contributed by atoms with Crippen LogP contribution in [-0.2, 0) is 0 Å². The zero-order chi connectivity index (χ0) is 13.8. The van der Waals surface area contributed by atoms with Crippen LogP contribution in [0.5, 0.6) is 0 Å². The van der Waals surface area contributed by atoms with Gasteiger partial charge in [-0.05, 0) is 18.2 Å². The summed E-state index contributed by atoms with van der Waals surface area (Å²) in [6.07, 6.45) is 0. The number of aliphatic hydroxyl groups excluding tert-OH is 1. The van der Waals surface area contributed by atoms with Crippen molar-refractivity contribution in [3.63, 3.8) is 0 Å². The number of hydrogen-bond acceptors (Lipinski definition) is 2. The van der Waals surface area contributed by atoms with Gasteiger partial charge in [0.25, 0.3) is 0 Å². The summed E-state index contributed by atoms with van der Waals surface area (Å²) in [5, 5.41) is 12.8. The van der Waals surface area contributed by atoms with Gasteiger partial charge in [-0.2, -0.15) is 0 Å². The Morgan fingerprint density at radius 3 is 2.53 bits per heavy atom. The van der Waals surface area contributed by atoms with Crippen LogP contribution in [0.25, 0.3) is 0 Å². The Hall–Kier alpha value is -1.65. The molecule has 1 unspecified atom stereocenters. The summed E-state index contributed by atoms with van der Waals surface area (Å²) in [6.45, 7) is -0.340. The Morgan fingerprint density at radius 1 is 1.16 bits per heavy atom. The molecule has 2 nitrogen and oxygen atoms in total. The van der Waals surface area contributed by atoms with Gasteiger partial charge in [0.15, 0.2) is 0 Å². The van der Waals surface area contributed by atoms with Crippen molar-refractivity contribution in [3.05, 3.63) is 64.7 Å². The van der Waals surface area contributed by atoms with Crippen molar-refractivity contribution in [2.75, 3.05) is 11.9 Å². The first kappa shape index (κ1) is 13.8. The van der Waals surface area contributed by atoms with Crippen LogP contribution < -0.4 is 5.32 Å². The molecule has 2 aromatic carbocycles. The normalized spacial score (nSPS) is 12.2. The lowest BCUT2D eigenvalue weighted by molar-refractivity contribution is 0.273. The zero-order valence-electron chi connectivity index (χ0n) is 9.91. The summed E-state index contributed by atoms with van der Waals surface area (Å²) in [6, 6.07) is 9.47. The number of nitrogens with one attached hydrogen (secondary N) is 1. The molecule has 5 heteroatoms. The average molecular weight is 284 g/mol. The van der Waals surface area contributed by atoms with Gasteiger partial charge in [-0.25, -0.2) is 8.78 Å². The molecule has 0 bridgehead atoms. The second kappa shape index (κ2) is 5.99. The summed E-state index contributed by atoms with van der Waals surface area (Å²) in [4.78, 5) is 0. The number of anilines is 1. The molecule has 2 aromatic rings. The van der Waals surface area contributed by atoms with Crippen molar-refractivity contribution < 1.29 is 13.9 Å². The standard InChI is InChI=1S/C14H12ClF2NO/c15-11-3-1-2-4-13(11)18-14(8-19)10-6-5-9(16)7-12(10)17/h1-7,14,18-19H,8H2. The van der Waals surface area contributed by atoms with Crippen LogP contribution in [0.4, 0.5) is 14.5 Å². The maximum atomic E-state index is 13.7. The molecule has 0 radical (unpaired) electrons. The topological polar surface area (TPSA) is 32.3 Å². The highest BCUT2D eigenvalue weighted by atomic mass is 35.5. The summed E-state index contributed by atoms with van der Waals surface area (Å²) >= 11 is 5.98. The van der Waals surface area contributed by atoms with Crippen molar-refractivity contribution in [3.8, 4) is 0 Å². The van der Waals surface area contributed by atoms with Crippen molar-refractivity contribution >= 4 is 17.3 Å². The average Bonchev–Trinajstić information content (AvgIpc) is 2.39. The van der Waals surface area contributed by atoms with Crippen LogP contribution in [0.3, 0.4) is 0 Å². The molecular formula is C14H12ClF2NO. The molecule has 0 amide bonds. The molecule has 2 N–H and O–H groups in total. The van der Waals surface area contributed by atoms with E-state index in [1.165, 1.54) is 6.07 Å². The Bertz CT molecular complexity index is 577. The highest BCUT2D eigenvalue weighted by Crippen LogP contribution is 2.27. The molecule has 0 fully saturated rings. The Morgan fingerprint density at radius 2 is 1.89 bits per heavy atom. The molecule has 19 heavy (non-hydrogen) atoms. The lowest BCUT2D eigenvalue weighted by Gasteiger charge is -2.19. The Labute approximate surface area is 114 Å². The molecule has 0 saturated carbocycles. The van der Waals surface area contributed by atoms with E-state index in [9.17, 15) is 13.9 Å². The number of aliphatic hydroxyl groups is 1. The van der Waals surface area contributed by atoms with E-state index in [1.54, 1.807) is 24.3 Å². The van der Waals surface area contributed by atoms with Crippen LogP contribution in [0.15, 0.2) is 42.5 Å². The zero-order valence-corrected chi connectivity index (χ0v) is 10.7. The van der Waals surface area contributed by atoms with Gasteiger partial charge in [-0.3, -0.25) is 0 Å². The molecule has 2 rings (SSSR count). The molecule has 100 valence electrons. The third-order valence-corrected chi connectivity index (χ3v) is 3.05. The van der Waals surface area contributed by atoms with Crippen LogP contribution in [0, 0.1) is 11.6 Å². The summed E-state index contributed by atoms with van der Waals surface area (Å²) in [5.41, 5.74) is 0.760. The van der Waals surface area contributed by atoms with E-state index < -0.39 is 17.7 Å². The summed E-state index contributed by atoms with van der Waals surface area (Å²) in [5.74, 6) is -1.37. The second-order valence-corrected chi connectivity index (χ2v) is 4.43. The van der Waals surface area contributed by atoms with E-state index in [-0.39, 0.29) is 12.2 Å². The predicted octanol–water partition coefficient (Wildman–Crippen LogP) is 3.76. The first-order valence-corrected chi connectivity index (χ1v) is 6.06. The maximum Gasteiger partial charge on any atom is 0.131 e. The number of hydrogen-bond donors (Lipinski definition) is 2. The molecule has 0 aliphatic heterocycles. The third-order valence-electron chi connectivity index (χ3n) is 2.72. The van der Waals surface area contributed by atoms with Crippen molar-refractivity contribution in [1.82, 2.24) is 0 Å². The molecule has 0 aromatic heterocycles. The summed E-state index contributed by atoms with van der Waals surface area (Å²) < 4.78 is 26.5. The van der Waals surface area contributed by atoms with Crippen molar-refractivity contribution in [1.29, 1.82) is 0 Å². The predicted molar refractivity (Wildman–Crippen MR) is 71.3 cm³/mol. The lowest BCUT2D eigenvalue weighted by Crippen LogP contribution is -2.16. The first-order chi connectivity index (χ1) is 9.11. The van der Waals surface area contributed by atoms with Crippen LogP contribution in [-0.4, -0.2) is 11.7 Å². The fourth-order valence-corrected chi connectivity index (χ4v) is 1.96. The quantitative estimate of drug-likeness (QED) is 0.895. The van der Waals surface area contributed by atoms with Crippen LogP contribution in [0.2, 0.25) is 5.02 Å². The van der Waals surface area contributed by atoms with Crippen LogP contribution >= 0.6 is 11.6 Å². The van der Waals surface area contributed by atoms with E-state index in [0.717, 1.165) is 12.1 Å². The number of rotatable bonds is 4. The minimum atomic E-state index is -0.710. The van der Waals surface area contributed by atoms with Gasteiger partial charge < -0.3 is 10.4 Å². The largest absolute Gasteiger partial charge is 0.394 e. The SMILES string of the molecule is OCC(Nc1ccccc1Cl)c1ccc(F)cc1F. The van der Waals surface area contributed by atoms with Gasteiger partial charge >= 0.3 is 0 Å². The van der Waals surface area contributed by atoms with E-state index in [4.69, 9.17) is 11.6 Å². The molecule has 1 atom stereocenters.